The largest absolute Gasteiger partial charge is 0.480 e. The Bertz CT molecular complexity index is 546. The zero-order valence-corrected chi connectivity index (χ0v) is 11.4. The molecule has 2 rings (SSSR count). The maximum atomic E-state index is 12.6. The molecule has 0 spiro atoms. The van der Waals surface area contributed by atoms with E-state index in [1.807, 2.05) is 0 Å². The molecule has 1 aromatic carbocycles. The van der Waals surface area contributed by atoms with Crippen LogP contribution in [0.5, 0.6) is 0 Å². The lowest BCUT2D eigenvalue weighted by molar-refractivity contribution is -0.149. The molecule has 1 aromatic rings. The molecule has 7 heteroatoms. The average molecular weight is 291 g/mol. The number of carboxylic acid groups (broad SMARTS) is 1. The van der Waals surface area contributed by atoms with Crippen LogP contribution in [0.15, 0.2) is 30.3 Å². The number of hydrogen-bond acceptors (Lipinski definition) is 3. The number of amides is 3. The first-order valence-corrected chi connectivity index (χ1v) is 6.65. The summed E-state index contributed by atoms with van der Waals surface area (Å²) in [6.45, 7) is 0.361. The summed E-state index contributed by atoms with van der Waals surface area (Å²) in [5.74, 6) is -1.49. The van der Waals surface area contributed by atoms with Crippen LogP contribution in [-0.2, 0) is 9.59 Å². The van der Waals surface area contributed by atoms with Gasteiger partial charge in [-0.1, -0.05) is 30.3 Å². The van der Waals surface area contributed by atoms with E-state index in [1.54, 1.807) is 30.3 Å². The van der Waals surface area contributed by atoms with Crippen molar-refractivity contribution in [2.75, 3.05) is 6.54 Å². The highest BCUT2D eigenvalue weighted by Gasteiger charge is 2.37. The summed E-state index contributed by atoms with van der Waals surface area (Å²) >= 11 is 0. The Labute approximate surface area is 121 Å². The number of carboxylic acids is 1. The van der Waals surface area contributed by atoms with Gasteiger partial charge in [-0.15, -0.1) is 0 Å². The minimum atomic E-state index is -1.04. The van der Waals surface area contributed by atoms with Crippen LogP contribution in [-0.4, -0.2) is 40.5 Å². The second kappa shape index (κ2) is 6.25. The molecule has 0 aromatic heterocycles. The lowest BCUT2D eigenvalue weighted by atomic mass is 10.1. The zero-order valence-electron chi connectivity index (χ0n) is 11.4. The van der Waals surface area contributed by atoms with E-state index < -0.39 is 30.0 Å². The van der Waals surface area contributed by atoms with Gasteiger partial charge in [0.25, 0.3) is 5.91 Å². The Kier molecular flexibility index (Phi) is 4.42. The second-order valence-electron chi connectivity index (χ2n) is 4.88. The van der Waals surface area contributed by atoms with E-state index in [2.05, 4.69) is 5.32 Å². The van der Waals surface area contributed by atoms with Crippen molar-refractivity contribution < 1.29 is 19.5 Å². The molecule has 0 bridgehead atoms. The second-order valence-corrected chi connectivity index (χ2v) is 4.88. The van der Waals surface area contributed by atoms with E-state index in [0.29, 0.717) is 24.9 Å². The molecule has 0 radical (unpaired) electrons. The van der Waals surface area contributed by atoms with Gasteiger partial charge in [0.2, 0.25) is 0 Å². The van der Waals surface area contributed by atoms with Gasteiger partial charge < -0.3 is 21.1 Å². The molecule has 7 nitrogen and oxygen atoms in total. The number of carbonyl (C=O) groups excluding carboxylic acids is 2. The summed E-state index contributed by atoms with van der Waals surface area (Å²) in [4.78, 5) is 36.2. The zero-order chi connectivity index (χ0) is 15.4. The molecular weight excluding hydrogens is 274 g/mol. The van der Waals surface area contributed by atoms with E-state index in [1.165, 1.54) is 4.90 Å². The first kappa shape index (κ1) is 14.8. The first-order valence-electron chi connectivity index (χ1n) is 6.65. The van der Waals surface area contributed by atoms with Crippen LogP contribution in [0.3, 0.4) is 0 Å². The Balaban J connectivity index is 2.26. The molecule has 3 amide bonds. The van der Waals surface area contributed by atoms with Crippen molar-refractivity contribution in [2.24, 2.45) is 5.73 Å². The van der Waals surface area contributed by atoms with Gasteiger partial charge in [0.05, 0.1) is 0 Å². The normalized spacial score (nSPS) is 19.0. The number of nitrogens with two attached hydrogens (primary N) is 1. The van der Waals surface area contributed by atoms with Crippen molar-refractivity contribution in [1.29, 1.82) is 0 Å². The fourth-order valence-electron chi connectivity index (χ4n) is 2.53. The topological polar surface area (TPSA) is 113 Å². The number of nitrogens with one attached hydrogen (secondary N) is 1. The van der Waals surface area contributed by atoms with Crippen LogP contribution >= 0.6 is 0 Å². The van der Waals surface area contributed by atoms with E-state index in [0.717, 1.165) is 0 Å². The van der Waals surface area contributed by atoms with Gasteiger partial charge in [-0.3, -0.25) is 4.79 Å². The van der Waals surface area contributed by atoms with E-state index in [9.17, 15) is 14.4 Å². The third kappa shape index (κ3) is 3.31. The fraction of sp³-hybridized carbons (Fsp3) is 0.357. The van der Waals surface area contributed by atoms with Crippen molar-refractivity contribution in [3.8, 4) is 0 Å². The monoisotopic (exact) mass is 291 g/mol. The smallest absolute Gasteiger partial charge is 0.326 e. The fourth-order valence-corrected chi connectivity index (χ4v) is 2.53. The van der Waals surface area contributed by atoms with Crippen molar-refractivity contribution in [1.82, 2.24) is 10.2 Å². The first-order chi connectivity index (χ1) is 10.0. The molecule has 21 heavy (non-hydrogen) atoms. The van der Waals surface area contributed by atoms with Crippen molar-refractivity contribution in [3.05, 3.63) is 35.9 Å². The number of carbonyl (C=O) groups is 3. The molecule has 2 atom stereocenters. The van der Waals surface area contributed by atoms with Gasteiger partial charge in [0, 0.05) is 6.54 Å². The molecule has 4 N–H and O–H groups in total. The summed E-state index contributed by atoms with van der Waals surface area (Å²) in [5.41, 5.74) is 5.69. The van der Waals surface area contributed by atoms with Crippen molar-refractivity contribution in [2.45, 2.75) is 24.9 Å². The van der Waals surface area contributed by atoms with Crippen LogP contribution in [0.1, 0.15) is 24.4 Å². The number of likely N-dealkylation sites (tertiary alicyclic amines) is 1. The molecule has 1 heterocycles. The number of hydrogen-bond donors (Lipinski definition) is 3. The summed E-state index contributed by atoms with van der Waals surface area (Å²) in [7, 11) is 0. The minimum Gasteiger partial charge on any atom is -0.480 e. The minimum absolute atomic E-state index is 0.361. The van der Waals surface area contributed by atoms with Gasteiger partial charge in [-0.05, 0) is 18.4 Å². The Morgan fingerprint density at radius 2 is 1.95 bits per heavy atom. The summed E-state index contributed by atoms with van der Waals surface area (Å²) in [6, 6.07) is 5.97. The van der Waals surface area contributed by atoms with Gasteiger partial charge >= 0.3 is 12.0 Å². The SMILES string of the molecule is NC(=O)NC(C(=O)N1CCCC1C(=O)O)c1ccccc1. The number of benzene rings is 1. The van der Waals surface area contributed by atoms with Gasteiger partial charge in [0.15, 0.2) is 0 Å². The summed E-state index contributed by atoms with van der Waals surface area (Å²) in [6.07, 6.45) is 1.04. The van der Waals surface area contributed by atoms with E-state index in [4.69, 9.17) is 10.8 Å². The Morgan fingerprint density at radius 3 is 2.52 bits per heavy atom. The Morgan fingerprint density at radius 1 is 1.29 bits per heavy atom. The molecule has 0 saturated carbocycles. The molecule has 1 aliphatic heterocycles. The molecular formula is C14H17N3O4. The molecule has 112 valence electrons. The molecule has 1 fully saturated rings. The molecule has 1 aliphatic rings. The third-order valence-electron chi connectivity index (χ3n) is 3.49. The standard InChI is InChI=1S/C14H17N3O4/c15-14(21)16-11(9-5-2-1-3-6-9)12(18)17-8-4-7-10(17)13(19)20/h1-3,5-6,10-11H,4,7-8H2,(H,19,20)(H3,15,16,21). The van der Waals surface area contributed by atoms with Gasteiger partial charge in [-0.2, -0.15) is 0 Å². The third-order valence-corrected chi connectivity index (χ3v) is 3.49. The quantitative estimate of drug-likeness (QED) is 0.748. The number of aliphatic carboxylic acids is 1. The van der Waals surface area contributed by atoms with Crippen LogP contribution in [0.4, 0.5) is 4.79 Å². The van der Waals surface area contributed by atoms with Gasteiger partial charge in [-0.25, -0.2) is 9.59 Å². The maximum absolute atomic E-state index is 12.6. The predicted molar refractivity (Wildman–Crippen MR) is 74.3 cm³/mol. The lowest BCUT2D eigenvalue weighted by Gasteiger charge is -2.27. The highest BCUT2D eigenvalue weighted by atomic mass is 16.4. The number of primary amides is 1. The van der Waals surface area contributed by atoms with Crippen LogP contribution in [0.2, 0.25) is 0 Å². The maximum Gasteiger partial charge on any atom is 0.326 e. The van der Waals surface area contributed by atoms with Gasteiger partial charge in [0.1, 0.15) is 12.1 Å². The van der Waals surface area contributed by atoms with E-state index in [-0.39, 0.29) is 0 Å². The molecule has 2 unspecified atom stereocenters. The van der Waals surface area contributed by atoms with E-state index >= 15 is 0 Å². The summed E-state index contributed by atoms with van der Waals surface area (Å²) in [5, 5.41) is 11.5. The molecule has 1 saturated heterocycles. The average Bonchev–Trinajstić information content (AvgIpc) is 2.94. The van der Waals surface area contributed by atoms with Crippen LogP contribution < -0.4 is 11.1 Å². The summed E-state index contributed by atoms with van der Waals surface area (Å²) < 4.78 is 0. The Hall–Kier alpha value is -2.57. The highest BCUT2D eigenvalue weighted by Crippen LogP contribution is 2.23. The van der Waals surface area contributed by atoms with Crippen LogP contribution in [0.25, 0.3) is 0 Å². The molecule has 0 aliphatic carbocycles. The highest BCUT2D eigenvalue weighted by molar-refractivity contribution is 5.91. The van der Waals surface area contributed by atoms with Crippen LogP contribution in [0, 0.1) is 0 Å². The number of urea groups is 1. The number of rotatable bonds is 4. The lowest BCUT2D eigenvalue weighted by Crippen LogP contribution is -2.48. The number of nitrogens with zero attached hydrogens (tertiary/aromatic N) is 1. The predicted octanol–water partition coefficient (Wildman–Crippen LogP) is 0.472. The van der Waals surface area contributed by atoms with Crippen molar-refractivity contribution >= 4 is 17.9 Å². The van der Waals surface area contributed by atoms with Crippen molar-refractivity contribution in [3.63, 3.8) is 0 Å².